The summed E-state index contributed by atoms with van der Waals surface area (Å²) in [6.45, 7) is 6.77. The van der Waals surface area contributed by atoms with Gasteiger partial charge in [0, 0.05) is 13.0 Å². The van der Waals surface area contributed by atoms with E-state index in [1.54, 1.807) is 0 Å². The summed E-state index contributed by atoms with van der Waals surface area (Å²) in [5, 5.41) is 3.23. The molecular weight excluding hydrogens is 190 g/mol. The number of nitrogens with one attached hydrogen (secondary N) is 1. The molecule has 3 N–H and O–H groups in total. The van der Waals surface area contributed by atoms with E-state index in [0.29, 0.717) is 12.5 Å². The number of imidazole rings is 1. The molecule has 2 aromatic rings. The molecule has 0 aliphatic rings. The first-order chi connectivity index (χ1) is 7.11. The van der Waals surface area contributed by atoms with Crippen molar-refractivity contribution in [2.75, 3.05) is 0 Å². The fourth-order valence-corrected chi connectivity index (χ4v) is 1.73. The second-order valence-corrected chi connectivity index (χ2v) is 4.25. The second-order valence-electron chi connectivity index (χ2n) is 4.25. The minimum absolute atomic E-state index is 0.482. The van der Waals surface area contributed by atoms with E-state index in [-0.39, 0.29) is 0 Å². The van der Waals surface area contributed by atoms with E-state index < -0.39 is 0 Å². The monoisotopic (exact) mass is 207 g/mol. The predicted octanol–water partition coefficient (Wildman–Crippen LogP) is 1.02. The minimum Gasteiger partial charge on any atom is -0.325 e. The average molecular weight is 207 g/mol. The fourth-order valence-electron chi connectivity index (χ4n) is 1.73. The SMILES string of the molecule is Cc1nc2nc(CC(C)C)[nH]n2c1CN. The van der Waals surface area contributed by atoms with E-state index in [4.69, 9.17) is 5.73 Å². The van der Waals surface area contributed by atoms with Gasteiger partial charge in [-0.05, 0) is 12.8 Å². The maximum absolute atomic E-state index is 5.66. The van der Waals surface area contributed by atoms with Gasteiger partial charge in [-0.1, -0.05) is 13.8 Å². The topological polar surface area (TPSA) is 72.0 Å². The Labute approximate surface area is 88.7 Å². The Hall–Kier alpha value is -1.36. The van der Waals surface area contributed by atoms with E-state index in [2.05, 4.69) is 28.9 Å². The predicted molar refractivity (Wildman–Crippen MR) is 58.5 cm³/mol. The van der Waals surface area contributed by atoms with E-state index in [9.17, 15) is 0 Å². The van der Waals surface area contributed by atoms with Crippen molar-refractivity contribution < 1.29 is 0 Å². The van der Waals surface area contributed by atoms with E-state index in [1.807, 2.05) is 11.4 Å². The molecule has 5 heteroatoms. The molecule has 82 valence electrons. The molecule has 0 unspecified atom stereocenters. The van der Waals surface area contributed by atoms with E-state index >= 15 is 0 Å². The van der Waals surface area contributed by atoms with Crippen LogP contribution in [0.1, 0.15) is 31.1 Å². The Morgan fingerprint density at radius 3 is 2.73 bits per heavy atom. The van der Waals surface area contributed by atoms with Gasteiger partial charge in [0.25, 0.3) is 5.78 Å². The first-order valence-electron chi connectivity index (χ1n) is 5.24. The summed E-state index contributed by atoms with van der Waals surface area (Å²) in [5.74, 6) is 2.29. The molecular formula is C10H17N5. The number of nitrogens with two attached hydrogens (primary N) is 1. The number of aromatic nitrogens is 4. The molecule has 0 saturated carbocycles. The van der Waals surface area contributed by atoms with Crippen molar-refractivity contribution in [1.82, 2.24) is 19.6 Å². The average Bonchev–Trinajstić information content (AvgIpc) is 2.59. The Balaban J connectivity index is 2.44. The van der Waals surface area contributed by atoms with Gasteiger partial charge < -0.3 is 5.73 Å². The van der Waals surface area contributed by atoms with Crippen molar-refractivity contribution in [2.24, 2.45) is 11.7 Å². The lowest BCUT2D eigenvalue weighted by Gasteiger charge is -1.99. The lowest BCUT2D eigenvalue weighted by atomic mass is 10.1. The van der Waals surface area contributed by atoms with Crippen LogP contribution in [-0.4, -0.2) is 19.6 Å². The first-order valence-corrected chi connectivity index (χ1v) is 5.24. The molecule has 0 spiro atoms. The van der Waals surface area contributed by atoms with Crippen LogP contribution in [0.4, 0.5) is 0 Å². The number of aryl methyl sites for hydroxylation is 1. The molecule has 15 heavy (non-hydrogen) atoms. The summed E-state index contributed by atoms with van der Waals surface area (Å²) in [6.07, 6.45) is 0.937. The molecule has 2 aromatic heterocycles. The van der Waals surface area contributed by atoms with Gasteiger partial charge in [0.2, 0.25) is 0 Å². The minimum atomic E-state index is 0.482. The van der Waals surface area contributed by atoms with Crippen LogP contribution in [0.5, 0.6) is 0 Å². The van der Waals surface area contributed by atoms with Crippen molar-refractivity contribution in [1.29, 1.82) is 0 Å². The van der Waals surface area contributed by atoms with Gasteiger partial charge in [-0.25, -0.2) is 9.50 Å². The lowest BCUT2D eigenvalue weighted by Crippen LogP contribution is -2.04. The zero-order chi connectivity index (χ0) is 11.0. The van der Waals surface area contributed by atoms with Gasteiger partial charge in [0.1, 0.15) is 5.82 Å². The highest BCUT2D eigenvalue weighted by molar-refractivity contribution is 5.34. The van der Waals surface area contributed by atoms with Gasteiger partial charge >= 0.3 is 0 Å². The molecule has 0 bridgehead atoms. The number of hydrogen-bond acceptors (Lipinski definition) is 3. The van der Waals surface area contributed by atoms with Crippen LogP contribution in [0.25, 0.3) is 5.78 Å². The number of nitrogens with zero attached hydrogens (tertiary/aromatic N) is 3. The van der Waals surface area contributed by atoms with Crippen molar-refractivity contribution in [3.05, 3.63) is 17.2 Å². The molecule has 0 radical (unpaired) electrons. The Morgan fingerprint density at radius 1 is 1.40 bits per heavy atom. The van der Waals surface area contributed by atoms with Crippen molar-refractivity contribution in [3.63, 3.8) is 0 Å². The Bertz CT molecular complexity index is 465. The molecule has 2 heterocycles. The largest absolute Gasteiger partial charge is 0.325 e. The third kappa shape index (κ3) is 1.74. The molecule has 0 fully saturated rings. The summed E-state index contributed by atoms with van der Waals surface area (Å²) in [6, 6.07) is 0. The van der Waals surface area contributed by atoms with Crippen LogP contribution in [0.2, 0.25) is 0 Å². The number of aromatic amines is 1. The number of fused-ring (bicyclic) bond motifs is 1. The molecule has 0 aliphatic heterocycles. The molecule has 0 aromatic carbocycles. The van der Waals surface area contributed by atoms with Gasteiger partial charge in [0.05, 0.1) is 11.4 Å². The van der Waals surface area contributed by atoms with E-state index in [0.717, 1.165) is 29.4 Å². The third-order valence-electron chi connectivity index (χ3n) is 2.43. The van der Waals surface area contributed by atoms with Crippen molar-refractivity contribution >= 4 is 5.78 Å². The van der Waals surface area contributed by atoms with Crippen LogP contribution in [0.15, 0.2) is 0 Å². The molecule has 5 nitrogen and oxygen atoms in total. The van der Waals surface area contributed by atoms with Gasteiger partial charge in [0.15, 0.2) is 0 Å². The number of hydrogen-bond donors (Lipinski definition) is 2. The zero-order valence-electron chi connectivity index (χ0n) is 9.41. The summed E-state index contributed by atoms with van der Waals surface area (Å²) in [5.41, 5.74) is 7.62. The number of rotatable bonds is 3. The van der Waals surface area contributed by atoms with Crippen LogP contribution < -0.4 is 5.73 Å². The molecule has 0 amide bonds. The Morgan fingerprint density at radius 2 is 2.13 bits per heavy atom. The maximum atomic E-state index is 5.66. The molecule has 2 rings (SSSR count). The fraction of sp³-hybridized carbons (Fsp3) is 0.600. The summed E-state index contributed by atoms with van der Waals surface area (Å²) < 4.78 is 1.88. The smallest absolute Gasteiger partial charge is 0.251 e. The summed E-state index contributed by atoms with van der Waals surface area (Å²) in [7, 11) is 0. The Kier molecular flexibility index (Phi) is 2.48. The molecule has 0 atom stereocenters. The highest BCUT2D eigenvalue weighted by atomic mass is 15.3. The maximum Gasteiger partial charge on any atom is 0.251 e. The normalized spacial score (nSPS) is 11.8. The van der Waals surface area contributed by atoms with Gasteiger partial charge in [-0.3, -0.25) is 5.10 Å². The van der Waals surface area contributed by atoms with Gasteiger partial charge in [-0.15, -0.1) is 0 Å². The van der Waals surface area contributed by atoms with Crippen LogP contribution in [0.3, 0.4) is 0 Å². The lowest BCUT2D eigenvalue weighted by molar-refractivity contribution is 0.618. The highest BCUT2D eigenvalue weighted by Gasteiger charge is 2.11. The summed E-state index contributed by atoms with van der Waals surface area (Å²) >= 11 is 0. The molecule has 0 aliphatic carbocycles. The molecule has 0 saturated heterocycles. The van der Waals surface area contributed by atoms with E-state index in [1.165, 1.54) is 0 Å². The summed E-state index contributed by atoms with van der Waals surface area (Å²) in [4.78, 5) is 8.78. The van der Waals surface area contributed by atoms with Crippen LogP contribution in [-0.2, 0) is 13.0 Å². The number of H-pyrrole nitrogens is 1. The van der Waals surface area contributed by atoms with Crippen LogP contribution in [0, 0.1) is 12.8 Å². The second kappa shape index (κ2) is 3.66. The first kappa shape index (κ1) is 10.2. The van der Waals surface area contributed by atoms with Crippen molar-refractivity contribution in [2.45, 2.75) is 33.7 Å². The highest BCUT2D eigenvalue weighted by Crippen LogP contribution is 2.11. The third-order valence-corrected chi connectivity index (χ3v) is 2.43. The zero-order valence-corrected chi connectivity index (χ0v) is 9.41. The van der Waals surface area contributed by atoms with Crippen LogP contribution >= 0.6 is 0 Å². The van der Waals surface area contributed by atoms with Crippen molar-refractivity contribution in [3.8, 4) is 0 Å². The van der Waals surface area contributed by atoms with Gasteiger partial charge in [-0.2, -0.15) is 4.98 Å². The quantitative estimate of drug-likeness (QED) is 0.789. The standard InChI is InChI=1S/C10H17N5/c1-6(2)4-9-13-10-12-7(3)8(5-11)15(10)14-9/h6H,4-5,11H2,1-3H3,(H,12,13,14).